The van der Waals surface area contributed by atoms with E-state index in [0.717, 1.165) is 58.3 Å². The van der Waals surface area contributed by atoms with Gasteiger partial charge in [0.05, 0.1) is 13.2 Å². The molecular formula is C20H35IN4O. The average Bonchev–Trinajstić information content (AvgIpc) is 2.63. The number of ether oxygens (including phenoxy) is 1. The molecule has 6 heteroatoms. The molecule has 0 aliphatic carbocycles. The maximum absolute atomic E-state index is 5.42. The van der Waals surface area contributed by atoms with Gasteiger partial charge in [0, 0.05) is 46.8 Å². The maximum atomic E-state index is 5.42. The first-order valence-electron chi connectivity index (χ1n) is 9.42. The Hall–Kier alpha value is -0.860. The van der Waals surface area contributed by atoms with E-state index in [1.54, 1.807) is 0 Å². The van der Waals surface area contributed by atoms with Gasteiger partial charge in [-0.3, -0.25) is 9.89 Å². The molecule has 0 aromatic heterocycles. The zero-order valence-electron chi connectivity index (χ0n) is 16.7. The SMILES string of the molecule is CCc1ccc(CN(C)C(=NC)NCC(C)CN2CCOCC2)cc1.I. The zero-order chi connectivity index (χ0) is 18.1. The number of benzene rings is 1. The number of aliphatic imine (C=N–C) groups is 1. The van der Waals surface area contributed by atoms with Gasteiger partial charge in [-0.25, -0.2) is 0 Å². The molecule has 1 heterocycles. The van der Waals surface area contributed by atoms with E-state index in [2.05, 4.69) is 65.3 Å². The molecule has 0 spiro atoms. The first-order chi connectivity index (χ1) is 12.1. The molecule has 0 amide bonds. The fourth-order valence-corrected chi connectivity index (χ4v) is 3.17. The minimum Gasteiger partial charge on any atom is -0.379 e. The van der Waals surface area contributed by atoms with Crippen LogP contribution in [0.5, 0.6) is 0 Å². The predicted octanol–water partition coefficient (Wildman–Crippen LogP) is 2.84. The molecule has 26 heavy (non-hydrogen) atoms. The molecule has 1 N–H and O–H groups in total. The van der Waals surface area contributed by atoms with Crippen LogP contribution in [-0.2, 0) is 17.7 Å². The summed E-state index contributed by atoms with van der Waals surface area (Å²) in [5.74, 6) is 1.53. The summed E-state index contributed by atoms with van der Waals surface area (Å²) in [6.07, 6.45) is 1.08. The second-order valence-electron chi connectivity index (χ2n) is 6.97. The van der Waals surface area contributed by atoms with Crippen LogP contribution in [0, 0.1) is 5.92 Å². The molecule has 1 aromatic rings. The van der Waals surface area contributed by atoms with Gasteiger partial charge in [-0.2, -0.15) is 0 Å². The average molecular weight is 474 g/mol. The Bertz CT molecular complexity index is 529. The van der Waals surface area contributed by atoms with Crippen LogP contribution in [0.25, 0.3) is 0 Å². The van der Waals surface area contributed by atoms with Gasteiger partial charge < -0.3 is 15.0 Å². The van der Waals surface area contributed by atoms with Crippen LogP contribution in [0.1, 0.15) is 25.0 Å². The van der Waals surface area contributed by atoms with E-state index in [1.807, 2.05) is 7.05 Å². The molecule has 1 saturated heterocycles. The Kier molecular flexibility index (Phi) is 11.2. The van der Waals surface area contributed by atoms with Gasteiger partial charge in [0.2, 0.25) is 0 Å². The van der Waals surface area contributed by atoms with Crippen LogP contribution in [0.2, 0.25) is 0 Å². The fourth-order valence-electron chi connectivity index (χ4n) is 3.17. The summed E-state index contributed by atoms with van der Waals surface area (Å²) < 4.78 is 5.42. The van der Waals surface area contributed by atoms with Gasteiger partial charge in [0.1, 0.15) is 0 Å². The molecule has 1 aromatic carbocycles. The quantitative estimate of drug-likeness (QED) is 0.375. The molecule has 5 nitrogen and oxygen atoms in total. The molecule has 1 unspecified atom stereocenters. The van der Waals surface area contributed by atoms with Gasteiger partial charge in [-0.05, 0) is 23.5 Å². The summed E-state index contributed by atoms with van der Waals surface area (Å²) in [5.41, 5.74) is 2.69. The van der Waals surface area contributed by atoms with Crippen molar-refractivity contribution in [1.82, 2.24) is 15.1 Å². The minimum atomic E-state index is 0. The van der Waals surface area contributed by atoms with Gasteiger partial charge in [0.25, 0.3) is 0 Å². The number of morpholine rings is 1. The lowest BCUT2D eigenvalue weighted by Gasteiger charge is -2.30. The molecule has 148 valence electrons. The first-order valence-corrected chi connectivity index (χ1v) is 9.42. The van der Waals surface area contributed by atoms with Crippen LogP contribution in [0.3, 0.4) is 0 Å². The monoisotopic (exact) mass is 474 g/mol. The summed E-state index contributed by atoms with van der Waals surface area (Å²) >= 11 is 0. The van der Waals surface area contributed by atoms with Crippen molar-refractivity contribution in [1.29, 1.82) is 0 Å². The van der Waals surface area contributed by atoms with E-state index in [0.29, 0.717) is 5.92 Å². The highest BCUT2D eigenvalue weighted by molar-refractivity contribution is 14.0. The Labute approximate surface area is 176 Å². The Morgan fingerprint density at radius 3 is 2.42 bits per heavy atom. The molecule has 0 radical (unpaired) electrons. The van der Waals surface area contributed by atoms with Crippen LogP contribution in [-0.4, -0.2) is 69.2 Å². The third kappa shape index (κ3) is 7.80. The zero-order valence-corrected chi connectivity index (χ0v) is 19.0. The summed E-state index contributed by atoms with van der Waals surface area (Å²) in [7, 11) is 3.95. The summed E-state index contributed by atoms with van der Waals surface area (Å²) in [6, 6.07) is 8.85. The van der Waals surface area contributed by atoms with Crippen molar-refractivity contribution in [3.63, 3.8) is 0 Å². The van der Waals surface area contributed by atoms with Gasteiger partial charge in [-0.1, -0.05) is 38.1 Å². The number of halogens is 1. The minimum absolute atomic E-state index is 0. The number of rotatable bonds is 7. The lowest BCUT2D eigenvalue weighted by molar-refractivity contribution is 0.0320. The predicted molar refractivity (Wildman–Crippen MR) is 120 cm³/mol. The number of hydrogen-bond donors (Lipinski definition) is 1. The van der Waals surface area contributed by atoms with Crippen LogP contribution in [0.15, 0.2) is 29.3 Å². The lowest BCUT2D eigenvalue weighted by Crippen LogP contribution is -2.44. The van der Waals surface area contributed by atoms with E-state index in [-0.39, 0.29) is 24.0 Å². The van der Waals surface area contributed by atoms with Crippen molar-refractivity contribution in [3.8, 4) is 0 Å². The molecule has 2 rings (SSSR count). The van der Waals surface area contributed by atoms with Crippen molar-refractivity contribution in [2.24, 2.45) is 10.9 Å². The standard InChI is InChI=1S/C20H34N4O.HI/c1-5-18-6-8-19(9-7-18)16-23(4)20(21-3)22-14-17(2)15-24-10-12-25-13-11-24;/h6-9,17H,5,10-16H2,1-4H3,(H,21,22);1H. The Balaban J connectivity index is 0.00000338. The number of aryl methyl sites for hydroxylation is 1. The summed E-state index contributed by atoms with van der Waals surface area (Å²) in [4.78, 5) is 9.10. The van der Waals surface area contributed by atoms with Crippen molar-refractivity contribution in [3.05, 3.63) is 35.4 Å². The van der Waals surface area contributed by atoms with Crippen LogP contribution < -0.4 is 5.32 Å². The smallest absolute Gasteiger partial charge is 0.193 e. The molecule has 1 atom stereocenters. The number of nitrogens with zero attached hydrogens (tertiary/aromatic N) is 3. The normalized spacial score (nSPS) is 16.7. The van der Waals surface area contributed by atoms with Gasteiger partial charge >= 0.3 is 0 Å². The largest absolute Gasteiger partial charge is 0.379 e. The highest BCUT2D eigenvalue weighted by Crippen LogP contribution is 2.08. The Morgan fingerprint density at radius 2 is 1.85 bits per heavy atom. The lowest BCUT2D eigenvalue weighted by atomic mass is 10.1. The molecular weight excluding hydrogens is 439 g/mol. The third-order valence-corrected chi connectivity index (χ3v) is 4.71. The van der Waals surface area contributed by atoms with Gasteiger partial charge in [0.15, 0.2) is 5.96 Å². The van der Waals surface area contributed by atoms with Crippen molar-refractivity contribution in [2.45, 2.75) is 26.8 Å². The summed E-state index contributed by atoms with van der Waals surface area (Å²) in [6.45, 7) is 11.2. The third-order valence-electron chi connectivity index (χ3n) is 4.71. The summed E-state index contributed by atoms with van der Waals surface area (Å²) in [5, 5.41) is 3.52. The van der Waals surface area contributed by atoms with E-state index < -0.39 is 0 Å². The maximum Gasteiger partial charge on any atom is 0.193 e. The number of guanidine groups is 1. The van der Waals surface area contributed by atoms with Crippen molar-refractivity contribution in [2.75, 3.05) is 53.5 Å². The molecule has 1 aliphatic heterocycles. The van der Waals surface area contributed by atoms with Crippen LogP contribution >= 0.6 is 24.0 Å². The second kappa shape index (κ2) is 12.5. The van der Waals surface area contributed by atoms with Crippen molar-refractivity contribution >= 4 is 29.9 Å². The van der Waals surface area contributed by atoms with E-state index in [4.69, 9.17) is 4.74 Å². The van der Waals surface area contributed by atoms with Crippen LogP contribution in [0.4, 0.5) is 0 Å². The van der Waals surface area contributed by atoms with Gasteiger partial charge in [-0.15, -0.1) is 24.0 Å². The fraction of sp³-hybridized carbons (Fsp3) is 0.650. The second-order valence-corrected chi connectivity index (χ2v) is 6.97. The molecule has 1 fully saturated rings. The Morgan fingerprint density at radius 1 is 1.23 bits per heavy atom. The van der Waals surface area contributed by atoms with E-state index in [9.17, 15) is 0 Å². The topological polar surface area (TPSA) is 40.1 Å². The van der Waals surface area contributed by atoms with E-state index >= 15 is 0 Å². The number of nitrogens with one attached hydrogen (secondary N) is 1. The first kappa shape index (κ1) is 23.2. The highest BCUT2D eigenvalue weighted by Gasteiger charge is 2.14. The molecule has 0 saturated carbocycles. The van der Waals surface area contributed by atoms with Crippen molar-refractivity contribution < 1.29 is 4.74 Å². The van der Waals surface area contributed by atoms with E-state index in [1.165, 1.54) is 11.1 Å². The molecule has 1 aliphatic rings. The highest BCUT2D eigenvalue weighted by atomic mass is 127. The molecule has 0 bridgehead atoms. The number of hydrogen-bond acceptors (Lipinski definition) is 3.